The molecule has 0 aliphatic rings. The van der Waals surface area contributed by atoms with Gasteiger partial charge in [0.15, 0.2) is 12.4 Å². The molecule has 0 saturated heterocycles. The number of nitrogens with zero attached hydrogens (tertiary/aromatic N) is 1. The maximum atomic E-state index is 11.6. The predicted octanol–water partition coefficient (Wildman–Crippen LogP) is 6.77. The molecule has 0 atom stereocenters. The van der Waals surface area contributed by atoms with E-state index in [0.29, 0.717) is 31.4 Å². The van der Waals surface area contributed by atoms with Crippen LogP contribution in [0.15, 0.2) is 158 Å². The summed E-state index contributed by atoms with van der Waals surface area (Å²) in [5.74, 6) is 1.32. The third-order valence-electron chi connectivity index (χ3n) is 7.83. The number of phenols is 2. The molecule has 17 heteroatoms. The SMILES string of the molecule is COc1ccc(CCOC(=O)OCCc2ccc(OC(C)=O)cc2)cc1.O=C(Cl)Cl.O=C(OCCc1ccc(O)cc1)OCCc1ccc(O)cc1.[Cl-].c1cc[nH+]cc1.c1ccncc1. The first-order valence-electron chi connectivity index (χ1n) is 19.6. The van der Waals surface area contributed by atoms with Crippen LogP contribution in [0.2, 0.25) is 0 Å². The van der Waals surface area contributed by atoms with E-state index in [4.69, 9.17) is 43.4 Å². The van der Waals surface area contributed by atoms with Crippen molar-refractivity contribution in [2.24, 2.45) is 0 Å². The number of ether oxygens (including phenoxy) is 6. The average molecular weight is 954 g/mol. The number of aromatic hydroxyl groups is 2. The lowest BCUT2D eigenvalue weighted by Gasteiger charge is -2.07. The number of benzene rings is 4. The number of aromatic nitrogens is 2. The zero-order valence-corrected chi connectivity index (χ0v) is 38.0. The number of hydrogen-bond acceptors (Lipinski definition) is 13. The number of H-pyrrole nitrogens is 1. The molecule has 0 aliphatic carbocycles. The summed E-state index contributed by atoms with van der Waals surface area (Å²) in [5, 5.41) is 18.3. The Morgan fingerprint density at radius 3 is 1.09 bits per heavy atom. The number of carbonyl (C=O) groups is 4. The van der Waals surface area contributed by atoms with Crippen molar-refractivity contribution in [2.75, 3.05) is 33.5 Å². The molecule has 6 rings (SSSR count). The van der Waals surface area contributed by atoms with Crippen molar-refractivity contribution in [3.63, 3.8) is 0 Å². The van der Waals surface area contributed by atoms with Crippen molar-refractivity contribution in [2.45, 2.75) is 32.6 Å². The van der Waals surface area contributed by atoms with Gasteiger partial charge in [0.25, 0.3) is 0 Å². The van der Waals surface area contributed by atoms with Crippen LogP contribution in [-0.4, -0.2) is 71.7 Å². The van der Waals surface area contributed by atoms with Crippen LogP contribution in [0.1, 0.15) is 29.2 Å². The minimum atomic E-state index is -0.889. The van der Waals surface area contributed by atoms with E-state index in [-0.39, 0.29) is 56.3 Å². The van der Waals surface area contributed by atoms with Gasteiger partial charge in [-0.15, -0.1) is 0 Å². The average Bonchev–Trinajstić information content (AvgIpc) is 3.30. The maximum Gasteiger partial charge on any atom is 0.508 e. The number of halogens is 3. The lowest BCUT2D eigenvalue weighted by molar-refractivity contribution is -0.378. The molecule has 0 fully saturated rings. The van der Waals surface area contributed by atoms with Crippen molar-refractivity contribution in [3.8, 4) is 23.0 Å². The monoisotopic (exact) mass is 952 g/mol. The second-order valence-electron chi connectivity index (χ2n) is 12.6. The van der Waals surface area contributed by atoms with Crippen molar-refractivity contribution in [1.82, 2.24) is 4.98 Å². The zero-order chi connectivity index (χ0) is 46.6. The fraction of sp³-hybridized carbons (Fsp3) is 0.208. The summed E-state index contributed by atoms with van der Waals surface area (Å²) in [6.45, 7) is 2.27. The number of methoxy groups -OCH3 is 1. The molecule has 0 saturated carbocycles. The summed E-state index contributed by atoms with van der Waals surface area (Å²) in [6, 6.07) is 39.6. The highest BCUT2D eigenvalue weighted by atomic mass is 35.5. The highest BCUT2D eigenvalue weighted by Gasteiger charge is 2.07. The topological polar surface area (TPSA) is 191 Å². The number of pyridine rings is 2. The summed E-state index contributed by atoms with van der Waals surface area (Å²) in [7, 11) is 1.61. The lowest BCUT2D eigenvalue weighted by Crippen LogP contribution is -3.00. The Morgan fingerprint density at radius 1 is 0.523 bits per heavy atom. The van der Waals surface area contributed by atoms with Crippen LogP contribution in [0.25, 0.3) is 0 Å². The Balaban J connectivity index is 0.000000481. The number of nitrogens with one attached hydrogen (secondary N) is 1. The predicted molar refractivity (Wildman–Crippen MR) is 241 cm³/mol. The van der Waals surface area contributed by atoms with E-state index in [9.17, 15) is 14.4 Å². The molecule has 14 nitrogen and oxygen atoms in total. The molecule has 65 heavy (non-hydrogen) atoms. The second kappa shape index (κ2) is 35.6. The molecule has 0 unspecified atom stereocenters. The van der Waals surface area contributed by atoms with Crippen LogP contribution in [0.3, 0.4) is 0 Å². The molecular weight excluding hydrogens is 903 g/mol. The Hall–Kier alpha value is -6.87. The highest BCUT2D eigenvalue weighted by molar-refractivity contribution is 6.93. The van der Waals surface area contributed by atoms with Crippen LogP contribution in [0.4, 0.5) is 14.4 Å². The highest BCUT2D eigenvalue weighted by Crippen LogP contribution is 2.15. The third-order valence-corrected chi connectivity index (χ3v) is 7.83. The number of rotatable bonds is 14. The summed E-state index contributed by atoms with van der Waals surface area (Å²) >= 11 is 8.80. The van der Waals surface area contributed by atoms with Crippen molar-refractivity contribution in [1.29, 1.82) is 0 Å². The standard InChI is InChI=1S/C20H22O6.C17H18O5.2C5H5N.CCl2O.ClH/c1-15(21)26-19-9-5-17(6-10-19)12-14-25-20(22)24-13-11-16-3-7-18(23-2)8-4-16;18-15-5-1-13(2-6-15)9-11-21-17(20)22-12-10-14-3-7-16(19)8-4-14;2*1-2-4-6-5-3-1;2-1(3)4;/h3-10H,11-14H2,1-2H3;1-8,18-19H,9-12H2;2*1-5H;;1H. The molecule has 2 heterocycles. The van der Waals surface area contributed by atoms with Crippen LogP contribution >= 0.6 is 23.2 Å². The normalized spacial score (nSPS) is 9.35. The number of carbonyl (C=O) groups excluding carboxylic acids is 4. The van der Waals surface area contributed by atoms with Crippen molar-refractivity contribution >= 4 is 46.2 Å². The van der Waals surface area contributed by atoms with Crippen molar-refractivity contribution in [3.05, 3.63) is 181 Å². The smallest absolute Gasteiger partial charge is 0.508 e. The lowest BCUT2D eigenvalue weighted by atomic mass is 10.1. The Kier molecular flexibility index (Phi) is 30.7. The van der Waals surface area contributed by atoms with Gasteiger partial charge in [-0.25, -0.2) is 14.6 Å². The van der Waals surface area contributed by atoms with Gasteiger partial charge in [0.1, 0.15) is 23.0 Å². The zero-order valence-electron chi connectivity index (χ0n) is 35.7. The molecule has 0 spiro atoms. The van der Waals surface area contributed by atoms with Crippen LogP contribution < -0.4 is 26.9 Å². The van der Waals surface area contributed by atoms with Crippen LogP contribution in [-0.2, 0) is 49.4 Å². The van der Waals surface area contributed by atoms with Gasteiger partial charge in [-0.3, -0.25) is 14.6 Å². The number of esters is 1. The van der Waals surface area contributed by atoms with Crippen molar-refractivity contribution < 1.29 is 75.2 Å². The molecule has 6 aromatic rings. The minimum Gasteiger partial charge on any atom is -1.00 e. The van der Waals surface area contributed by atoms with E-state index < -0.39 is 17.0 Å². The molecule has 4 aromatic carbocycles. The summed E-state index contributed by atoms with van der Waals surface area (Å²) in [5.41, 5.74) is 3.95. The Labute approximate surface area is 394 Å². The summed E-state index contributed by atoms with van der Waals surface area (Å²) in [6.07, 6.45) is 8.15. The molecule has 346 valence electrons. The third kappa shape index (κ3) is 30.8. The van der Waals surface area contributed by atoms with E-state index >= 15 is 0 Å². The van der Waals surface area contributed by atoms with E-state index in [1.165, 1.54) is 6.92 Å². The fourth-order valence-electron chi connectivity index (χ4n) is 4.75. The van der Waals surface area contributed by atoms with Gasteiger partial charge in [0.05, 0.1) is 33.5 Å². The first kappa shape index (κ1) is 56.1. The van der Waals surface area contributed by atoms with Gasteiger partial charge >= 0.3 is 23.0 Å². The molecule has 3 N–H and O–H groups in total. The first-order valence-corrected chi connectivity index (χ1v) is 20.3. The van der Waals surface area contributed by atoms with E-state index in [0.717, 1.165) is 28.0 Å². The molecule has 2 aromatic heterocycles. The number of phenolic OH excluding ortho intramolecular Hbond substituents is 2. The van der Waals surface area contributed by atoms with Gasteiger partial charge in [-0.2, -0.15) is 0 Å². The van der Waals surface area contributed by atoms with Crippen LogP contribution in [0, 0.1) is 0 Å². The van der Waals surface area contributed by atoms with Gasteiger partial charge in [-0.05, 0) is 106 Å². The van der Waals surface area contributed by atoms with E-state index in [2.05, 4.69) is 33.2 Å². The van der Waals surface area contributed by atoms with E-state index in [1.807, 2.05) is 85.2 Å². The first-order chi connectivity index (χ1) is 30.9. The van der Waals surface area contributed by atoms with E-state index in [1.54, 1.807) is 80.2 Å². The Bertz CT molecular complexity index is 2010. The van der Waals surface area contributed by atoms with Gasteiger partial charge in [0.2, 0.25) is 0 Å². The minimum absolute atomic E-state index is 0. The van der Waals surface area contributed by atoms with Gasteiger partial charge in [-0.1, -0.05) is 60.7 Å². The molecule has 0 bridgehead atoms. The second-order valence-corrected chi connectivity index (χ2v) is 13.5. The van der Waals surface area contributed by atoms with Gasteiger partial charge < -0.3 is 51.0 Å². The number of aromatic amines is 1. The molecule has 0 radical (unpaired) electrons. The summed E-state index contributed by atoms with van der Waals surface area (Å²) < 4.78 is 29.2. The molecule has 0 aliphatic heterocycles. The number of hydrogen-bond donors (Lipinski definition) is 2. The van der Waals surface area contributed by atoms with Gasteiger partial charge in [0, 0.05) is 57.1 Å². The molecule has 0 amide bonds. The Morgan fingerprint density at radius 2 is 0.846 bits per heavy atom. The fourth-order valence-corrected chi connectivity index (χ4v) is 4.75. The maximum absolute atomic E-state index is 11.6. The van der Waals surface area contributed by atoms with Crippen LogP contribution in [0.5, 0.6) is 23.0 Å². The largest absolute Gasteiger partial charge is 1.00 e. The summed E-state index contributed by atoms with van der Waals surface area (Å²) in [4.78, 5) is 49.5. The quantitative estimate of drug-likeness (QED) is 0.0662. The molecular formula is C48H51Cl3N2O12.